The van der Waals surface area contributed by atoms with E-state index in [4.69, 9.17) is 9.26 Å². The van der Waals surface area contributed by atoms with E-state index in [1.54, 1.807) is 13.0 Å². The highest BCUT2D eigenvalue weighted by atomic mass is 16.5. The molecule has 27 heavy (non-hydrogen) atoms. The second-order valence-electron chi connectivity index (χ2n) is 6.65. The minimum Gasteiger partial charge on any atom is -0.456 e. The van der Waals surface area contributed by atoms with Gasteiger partial charge in [0.05, 0.1) is 6.42 Å². The number of carbonyl (C=O) groups is 3. The monoisotopic (exact) mass is 370 g/mol. The number of carbonyl (C=O) groups excluding carboxylic acids is 3. The zero-order valence-corrected chi connectivity index (χ0v) is 15.2. The number of amides is 1. The lowest BCUT2D eigenvalue weighted by atomic mass is 9.89. The number of rotatable bonds is 7. The molecule has 7 nitrogen and oxygen atoms in total. The number of ether oxygens (including phenoxy) is 1. The van der Waals surface area contributed by atoms with Crippen molar-refractivity contribution in [2.75, 3.05) is 11.9 Å². The second-order valence-corrected chi connectivity index (χ2v) is 6.65. The largest absolute Gasteiger partial charge is 0.456 e. The molecule has 142 valence electrons. The Morgan fingerprint density at radius 1 is 1.11 bits per heavy atom. The maximum absolute atomic E-state index is 12.3. The molecule has 7 heteroatoms. The smallest absolute Gasteiger partial charge is 0.306 e. The van der Waals surface area contributed by atoms with Gasteiger partial charge in [-0.1, -0.05) is 17.3 Å². The van der Waals surface area contributed by atoms with Crippen LogP contribution in [0.2, 0.25) is 0 Å². The lowest BCUT2D eigenvalue weighted by molar-refractivity contribution is -0.147. The molecule has 0 radical (unpaired) electrons. The van der Waals surface area contributed by atoms with Gasteiger partial charge in [0, 0.05) is 18.1 Å². The standard InChI is InChI=1S/C20H22N2O5/c1-13-10-18(22-27-13)21-19(24)12-26-20(25)9-8-17(23)16-7-6-14-4-2-3-5-15(14)11-16/h6-7,10-11H,2-5,8-9,12H2,1H3,(H,21,22,24). The van der Waals surface area contributed by atoms with Crippen LogP contribution in [0.4, 0.5) is 5.82 Å². The highest BCUT2D eigenvalue weighted by Gasteiger charge is 2.15. The molecule has 1 aromatic heterocycles. The summed E-state index contributed by atoms with van der Waals surface area (Å²) in [5.41, 5.74) is 3.17. The van der Waals surface area contributed by atoms with Crippen molar-refractivity contribution in [3.63, 3.8) is 0 Å². The summed E-state index contributed by atoms with van der Waals surface area (Å²) in [4.78, 5) is 35.8. The summed E-state index contributed by atoms with van der Waals surface area (Å²) in [6, 6.07) is 7.33. The van der Waals surface area contributed by atoms with E-state index in [2.05, 4.69) is 10.5 Å². The Morgan fingerprint density at radius 2 is 1.89 bits per heavy atom. The van der Waals surface area contributed by atoms with E-state index in [0.29, 0.717) is 11.3 Å². The maximum atomic E-state index is 12.3. The number of anilines is 1. The Bertz CT molecular complexity index is 856. The van der Waals surface area contributed by atoms with Crippen LogP contribution in [0, 0.1) is 6.92 Å². The first-order chi connectivity index (χ1) is 13.0. The fourth-order valence-electron chi connectivity index (χ4n) is 3.09. The third-order valence-electron chi connectivity index (χ3n) is 4.49. The molecule has 0 atom stereocenters. The van der Waals surface area contributed by atoms with Crippen LogP contribution in [-0.4, -0.2) is 29.4 Å². The number of fused-ring (bicyclic) bond motifs is 1. The summed E-state index contributed by atoms with van der Waals surface area (Å²) < 4.78 is 9.72. The molecular weight excluding hydrogens is 348 g/mol. The van der Waals surface area contributed by atoms with Gasteiger partial charge in [-0.3, -0.25) is 14.4 Å². The van der Waals surface area contributed by atoms with Gasteiger partial charge < -0.3 is 14.6 Å². The van der Waals surface area contributed by atoms with Crippen molar-refractivity contribution in [3.05, 3.63) is 46.7 Å². The van der Waals surface area contributed by atoms with E-state index >= 15 is 0 Å². The van der Waals surface area contributed by atoms with Gasteiger partial charge in [0.1, 0.15) is 5.76 Å². The Kier molecular flexibility index (Phi) is 6.01. The molecule has 3 rings (SSSR count). The van der Waals surface area contributed by atoms with E-state index < -0.39 is 18.5 Å². The van der Waals surface area contributed by atoms with Gasteiger partial charge in [0.2, 0.25) is 0 Å². The molecule has 0 aliphatic heterocycles. The third kappa shape index (κ3) is 5.26. The number of nitrogens with zero attached hydrogens (tertiary/aromatic N) is 1. The van der Waals surface area contributed by atoms with Gasteiger partial charge in [0.15, 0.2) is 18.2 Å². The summed E-state index contributed by atoms with van der Waals surface area (Å²) in [5, 5.41) is 6.06. The number of Topliss-reactive ketones (excluding diaryl/α,β-unsaturated/α-hetero) is 1. The molecule has 1 aliphatic carbocycles. The Hall–Kier alpha value is -2.96. The van der Waals surface area contributed by atoms with E-state index in [1.165, 1.54) is 17.5 Å². The van der Waals surface area contributed by atoms with E-state index in [9.17, 15) is 14.4 Å². The quantitative estimate of drug-likeness (QED) is 0.594. The molecule has 0 saturated carbocycles. The molecular formula is C20H22N2O5. The Balaban J connectivity index is 1.42. The van der Waals surface area contributed by atoms with Crippen LogP contribution in [0.3, 0.4) is 0 Å². The molecule has 0 fully saturated rings. The number of aromatic nitrogens is 1. The van der Waals surface area contributed by atoms with Crippen LogP contribution in [0.15, 0.2) is 28.8 Å². The molecule has 1 aromatic carbocycles. The molecule has 0 spiro atoms. The molecule has 1 N–H and O–H groups in total. The van der Waals surface area contributed by atoms with Crippen molar-refractivity contribution in [1.82, 2.24) is 5.16 Å². The van der Waals surface area contributed by atoms with E-state index in [-0.39, 0.29) is 24.4 Å². The number of benzene rings is 1. The fraction of sp³-hybridized carbons (Fsp3) is 0.400. The van der Waals surface area contributed by atoms with Crippen LogP contribution >= 0.6 is 0 Å². The van der Waals surface area contributed by atoms with Crippen LogP contribution in [0.1, 0.15) is 52.9 Å². The number of hydrogen-bond donors (Lipinski definition) is 1. The van der Waals surface area contributed by atoms with Crippen LogP contribution in [0.5, 0.6) is 0 Å². The zero-order valence-electron chi connectivity index (χ0n) is 15.2. The number of hydrogen-bond acceptors (Lipinski definition) is 6. The molecule has 0 unspecified atom stereocenters. The predicted octanol–water partition coefficient (Wildman–Crippen LogP) is 3.01. The molecule has 0 bridgehead atoms. The topological polar surface area (TPSA) is 98.5 Å². The minimum absolute atomic E-state index is 0.0573. The number of nitrogens with one attached hydrogen (secondary N) is 1. The summed E-state index contributed by atoms with van der Waals surface area (Å²) >= 11 is 0. The number of aryl methyl sites for hydroxylation is 3. The predicted molar refractivity (Wildman–Crippen MR) is 97.5 cm³/mol. The van der Waals surface area contributed by atoms with Crippen molar-refractivity contribution in [3.8, 4) is 0 Å². The average molecular weight is 370 g/mol. The van der Waals surface area contributed by atoms with E-state index in [1.807, 2.05) is 18.2 Å². The van der Waals surface area contributed by atoms with Crippen molar-refractivity contribution < 1.29 is 23.6 Å². The van der Waals surface area contributed by atoms with Gasteiger partial charge in [-0.05, 0) is 49.8 Å². The first-order valence-corrected chi connectivity index (χ1v) is 9.05. The van der Waals surface area contributed by atoms with Crippen LogP contribution < -0.4 is 5.32 Å². The lowest BCUT2D eigenvalue weighted by Crippen LogP contribution is -2.21. The maximum Gasteiger partial charge on any atom is 0.306 e. The van der Waals surface area contributed by atoms with Crippen LogP contribution in [0.25, 0.3) is 0 Å². The van der Waals surface area contributed by atoms with Crippen molar-refractivity contribution in [2.45, 2.75) is 45.4 Å². The normalized spacial score (nSPS) is 12.9. The summed E-state index contributed by atoms with van der Waals surface area (Å²) in [6.45, 7) is 1.26. The second kappa shape index (κ2) is 8.62. The van der Waals surface area contributed by atoms with Crippen molar-refractivity contribution >= 4 is 23.5 Å². The van der Waals surface area contributed by atoms with Gasteiger partial charge in [-0.2, -0.15) is 0 Å². The first kappa shape index (κ1) is 18.8. The SMILES string of the molecule is Cc1cc(NC(=O)COC(=O)CCC(=O)c2ccc3c(c2)CCCC3)no1. The fourth-order valence-corrected chi connectivity index (χ4v) is 3.09. The summed E-state index contributed by atoms with van der Waals surface area (Å²) in [7, 11) is 0. The average Bonchev–Trinajstić information content (AvgIpc) is 3.08. The molecule has 2 aromatic rings. The molecule has 0 saturated heterocycles. The number of esters is 1. The highest BCUT2D eigenvalue weighted by Crippen LogP contribution is 2.23. The molecule has 1 amide bonds. The van der Waals surface area contributed by atoms with E-state index in [0.717, 1.165) is 19.3 Å². The lowest BCUT2D eigenvalue weighted by Gasteiger charge is -2.16. The van der Waals surface area contributed by atoms with Crippen molar-refractivity contribution in [2.24, 2.45) is 0 Å². The van der Waals surface area contributed by atoms with Crippen LogP contribution in [-0.2, 0) is 27.2 Å². The summed E-state index contributed by atoms with van der Waals surface area (Å²) in [5.74, 6) is -0.382. The zero-order chi connectivity index (χ0) is 19.2. The van der Waals surface area contributed by atoms with Crippen molar-refractivity contribution in [1.29, 1.82) is 0 Å². The molecule has 1 heterocycles. The Morgan fingerprint density at radius 3 is 2.63 bits per heavy atom. The first-order valence-electron chi connectivity index (χ1n) is 9.05. The van der Waals surface area contributed by atoms with Gasteiger partial charge in [0.25, 0.3) is 5.91 Å². The Labute approximate surface area is 157 Å². The van der Waals surface area contributed by atoms with Gasteiger partial charge >= 0.3 is 5.97 Å². The number of ketones is 1. The molecule has 1 aliphatic rings. The van der Waals surface area contributed by atoms with Gasteiger partial charge in [-0.15, -0.1) is 0 Å². The van der Waals surface area contributed by atoms with Gasteiger partial charge in [-0.25, -0.2) is 0 Å². The summed E-state index contributed by atoms with van der Waals surface area (Å²) in [6.07, 6.45) is 4.39. The third-order valence-corrected chi connectivity index (χ3v) is 4.49. The highest BCUT2D eigenvalue weighted by molar-refractivity contribution is 5.98. The minimum atomic E-state index is -0.590.